The summed E-state index contributed by atoms with van der Waals surface area (Å²) >= 11 is 0. The van der Waals surface area contributed by atoms with E-state index in [9.17, 15) is 0 Å². The van der Waals surface area contributed by atoms with Crippen molar-refractivity contribution in [2.45, 2.75) is 26.4 Å². The van der Waals surface area contributed by atoms with E-state index in [0.29, 0.717) is 0 Å². The van der Waals surface area contributed by atoms with Crippen molar-refractivity contribution in [3.63, 3.8) is 0 Å². The van der Waals surface area contributed by atoms with Gasteiger partial charge in [-0.05, 0) is 12.5 Å². The molecule has 2 N–H and O–H groups in total. The van der Waals surface area contributed by atoms with E-state index in [-0.39, 0.29) is 5.60 Å². The van der Waals surface area contributed by atoms with Gasteiger partial charge in [-0.25, -0.2) is 5.01 Å². The van der Waals surface area contributed by atoms with Gasteiger partial charge in [-0.2, -0.15) is 0 Å². The van der Waals surface area contributed by atoms with Gasteiger partial charge in [0.1, 0.15) is 6.54 Å². The van der Waals surface area contributed by atoms with Gasteiger partial charge in [0.25, 0.3) is 0 Å². The first kappa shape index (κ1) is 9.55. The summed E-state index contributed by atoms with van der Waals surface area (Å²) in [5.41, 5.74) is 0.983. The van der Waals surface area contributed by atoms with Crippen LogP contribution in [0.15, 0.2) is 11.8 Å². The molecule has 0 spiro atoms. The van der Waals surface area contributed by atoms with E-state index < -0.39 is 0 Å². The molecule has 0 bridgehead atoms. The van der Waals surface area contributed by atoms with Crippen LogP contribution in [0.4, 0.5) is 0 Å². The first-order valence-electron chi connectivity index (χ1n) is 4.28. The number of hydrogen-bond donors (Lipinski definition) is 0. The minimum atomic E-state index is -0.380. The Labute approximate surface area is 74.2 Å². The maximum absolute atomic E-state index is 7.75. The molecule has 70 valence electrons. The van der Waals surface area contributed by atoms with E-state index in [2.05, 4.69) is 30.2 Å². The minimum Gasteiger partial charge on any atom is -0.440 e. The molecular formula is C9H19N2O+. The molecule has 0 saturated heterocycles. The van der Waals surface area contributed by atoms with E-state index in [1.54, 1.807) is 0 Å². The van der Waals surface area contributed by atoms with Gasteiger partial charge in [0.05, 0.1) is 0 Å². The molecule has 0 aromatic carbocycles. The molecule has 0 saturated carbocycles. The van der Waals surface area contributed by atoms with E-state index in [1.165, 1.54) is 5.57 Å². The molecule has 0 atom stereocenters. The molecule has 1 rings (SSSR count). The van der Waals surface area contributed by atoms with E-state index >= 15 is 0 Å². The van der Waals surface area contributed by atoms with Crippen LogP contribution in [0.3, 0.4) is 0 Å². The Balaban J connectivity index is 2.53. The molecule has 3 heteroatoms. The Morgan fingerprint density at radius 1 is 1.58 bits per heavy atom. The van der Waals surface area contributed by atoms with E-state index in [1.807, 2.05) is 13.8 Å². The lowest BCUT2D eigenvalue weighted by Crippen LogP contribution is -2.41. The molecule has 0 unspecified atom stereocenters. The zero-order chi connectivity index (χ0) is 9.35. The molecular weight excluding hydrogens is 152 g/mol. The SMILES string of the molecule is CC1=CN(CC(C)(C)[OH2+])N(C)C1. The topological polar surface area (TPSA) is 29.4 Å². The van der Waals surface area contributed by atoms with Gasteiger partial charge in [0.15, 0.2) is 5.60 Å². The first-order chi connectivity index (χ1) is 5.38. The highest BCUT2D eigenvalue weighted by Crippen LogP contribution is 2.15. The molecule has 1 aliphatic heterocycles. The smallest absolute Gasteiger partial charge is 0.177 e. The summed E-state index contributed by atoms with van der Waals surface area (Å²) in [5.74, 6) is 0. The van der Waals surface area contributed by atoms with Crippen LogP contribution >= 0.6 is 0 Å². The van der Waals surface area contributed by atoms with E-state index in [0.717, 1.165) is 13.1 Å². The normalized spacial score (nSPS) is 20.1. The van der Waals surface area contributed by atoms with Crippen LogP contribution in [0.2, 0.25) is 0 Å². The summed E-state index contributed by atoms with van der Waals surface area (Å²) in [4.78, 5) is 0. The van der Waals surface area contributed by atoms with Crippen LogP contribution in [0.1, 0.15) is 20.8 Å². The molecule has 0 fully saturated rings. The second-order valence-corrected chi connectivity index (χ2v) is 4.27. The molecule has 1 aliphatic rings. The van der Waals surface area contributed by atoms with E-state index in [4.69, 9.17) is 5.11 Å². The zero-order valence-electron chi connectivity index (χ0n) is 8.39. The molecule has 0 radical (unpaired) electrons. The Bertz CT molecular complexity index is 193. The predicted octanol–water partition coefficient (Wildman–Crippen LogP) is 0.556. The average Bonchev–Trinajstić information content (AvgIpc) is 2.06. The van der Waals surface area contributed by atoms with Crippen molar-refractivity contribution in [3.05, 3.63) is 11.8 Å². The van der Waals surface area contributed by atoms with Crippen molar-refractivity contribution >= 4 is 0 Å². The van der Waals surface area contributed by atoms with Crippen molar-refractivity contribution in [1.82, 2.24) is 10.0 Å². The molecule has 0 aromatic heterocycles. The summed E-state index contributed by atoms with van der Waals surface area (Å²) in [7, 11) is 2.05. The van der Waals surface area contributed by atoms with Crippen LogP contribution in [-0.4, -0.2) is 40.9 Å². The average molecular weight is 171 g/mol. The van der Waals surface area contributed by atoms with Crippen LogP contribution in [0.25, 0.3) is 0 Å². The molecule has 0 aliphatic carbocycles. The number of nitrogens with zero attached hydrogens (tertiary/aromatic N) is 2. The van der Waals surface area contributed by atoms with Crippen LogP contribution < -0.4 is 0 Å². The number of hydrazine groups is 1. The summed E-state index contributed by atoms with van der Waals surface area (Å²) < 4.78 is 0. The summed E-state index contributed by atoms with van der Waals surface area (Å²) in [6, 6.07) is 0. The van der Waals surface area contributed by atoms with Crippen molar-refractivity contribution < 1.29 is 5.11 Å². The molecule has 1 heterocycles. The monoisotopic (exact) mass is 171 g/mol. The van der Waals surface area contributed by atoms with Gasteiger partial charge in [0, 0.05) is 33.6 Å². The van der Waals surface area contributed by atoms with Gasteiger partial charge in [-0.3, -0.25) is 0 Å². The third-order valence-electron chi connectivity index (χ3n) is 1.84. The fraction of sp³-hybridized carbons (Fsp3) is 0.778. The quantitative estimate of drug-likeness (QED) is 0.568. The third-order valence-corrected chi connectivity index (χ3v) is 1.84. The lowest BCUT2D eigenvalue weighted by molar-refractivity contribution is -0.0154. The summed E-state index contributed by atoms with van der Waals surface area (Å²) in [6.45, 7) is 7.75. The van der Waals surface area contributed by atoms with Gasteiger partial charge in [0.2, 0.25) is 0 Å². The zero-order valence-corrected chi connectivity index (χ0v) is 8.39. The Kier molecular flexibility index (Phi) is 2.44. The molecule has 3 nitrogen and oxygen atoms in total. The van der Waals surface area contributed by atoms with Gasteiger partial charge in [-0.15, -0.1) is 0 Å². The second kappa shape index (κ2) is 3.07. The van der Waals surface area contributed by atoms with Crippen LogP contribution in [-0.2, 0) is 0 Å². The van der Waals surface area contributed by atoms with Crippen molar-refractivity contribution in [2.24, 2.45) is 0 Å². The standard InChI is InChI=1S/C9H18N2O/c1-8-5-10(4)11(6-8)7-9(2,3)12/h6,12H,5,7H2,1-4H3/p+1. The van der Waals surface area contributed by atoms with Crippen molar-refractivity contribution in [2.75, 3.05) is 20.1 Å². The number of hydrogen-bond acceptors (Lipinski definition) is 2. The fourth-order valence-corrected chi connectivity index (χ4v) is 1.42. The minimum absolute atomic E-state index is 0.380. The third kappa shape index (κ3) is 2.50. The predicted molar refractivity (Wildman–Crippen MR) is 50.8 cm³/mol. The van der Waals surface area contributed by atoms with Gasteiger partial charge >= 0.3 is 0 Å². The Morgan fingerprint density at radius 3 is 2.50 bits per heavy atom. The van der Waals surface area contributed by atoms with Gasteiger partial charge in [-0.1, -0.05) is 0 Å². The lowest BCUT2D eigenvalue weighted by Gasteiger charge is -2.28. The fourth-order valence-electron chi connectivity index (χ4n) is 1.42. The molecule has 0 aromatic rings. The number of likely N-dealkylation sites (N-methyl/N-ethyl adjacent to an activating group) is 1. The largest absolute Gasteiger partial charge is 0.440 e. The molecule has 0 amide bonds. The number of rotatable bonds is 2. The lowest BCUT2D eigenvalue weighted by atomic mass is 10.1. The second-order valence-electron chi connectivity index (χ2n) is 4.27. The maximum atomic E-state index is 7.75. The summed E-state index contributed by atoms with van der Waals surface area (Å²) in [5, 5.41) is 12.0. The highest BCUT2D eigenvalue weighted by Gasteiger charge is 2.25. The Hall–Kier alpha value is -0.540. The van der Waals surface area contributed by atoms with Crippen molar-refractivity contribution in [3.8, 4) is 0 Å². The first-order valence-corrected chi connectivity index (χ1v) is 4.28. The van der Waals surface area contributed by atoms with Crippen LogP contribution in [0.5, 0.6) is 0 Å². The summed E-state index contributed by atoms with van der Waals surface area (Å²) in [6.07, 6.45) is 2.12. The van der Waals surface area contributed by atoms with Gasteiger partial charge < -0.3 is 10.1 Å². The van der Waals surface area contributed by atoms with Crippen molar-refractivity contribution in [1.29, 1.82) is 0 Å². The maximum Gasteiger partial charge on any atom is 0.177 e. The highest BCUT2D eigenvalue weighted by atomic mass is 16.3. The Morgan fingerprint density at radius 2 is 2.17 bits per heavy atom. The molecule has 12 heavy (non-hydrogen) atoms. The van der Waals surface area contributed by atoms with Crippen LogP contribution in [0, 0.1) is 0 Å². The highest BCUT2D eigenvalue weighted by molar-refractivity contribution is 5.05.